The first-order valence-corrected chi connectivity index (χ1v) is 19.8. The standard InChI is InChI=1S/C51H30N4OS/c1-3-13-31(14-4-1)49-52-50(32-15-5-2-6-16-32)54-51(53-49)39-20-12-24-45-48(39)38-27-25-33(29-46(38)57-45)35-19-11-23-44-47(35)40-30-34(26-28-43(40)56-44)55-41-21-9-7-17-36(41)37-18-8-10-22-42(37)55/h1-30H. The summed E-state index contributed by atoms with van der Waals surface area (Å²) in [5.41, 5.74) is 10.4. The molecule has 12 rings (SSSR count). The lowest BCUT2D eigenvalue weighted by atomic mass is 9.97. The van der Waals surface area contributed by atoms with Gasteiger partial charge >= 0.3 is 0 Å². The van der Waals surface area contributed by atoms with Crippen LogP contribution in [0.2, 0.25) is 0 Å². The Hall–Kier alpha value is -7.41. The van der Waals surface area contributed by atoms with Crippen molar-refractivity contribution >= 4 is 75.3 Å². The molecular weight excluding hydrogens is 717 g/mol. The van der Waals surface area contributed by atoms with E-state index in [2.05, 4.69) is 126 Å². The van der Waals surface area contributed by atoms with E-state index in [-0.39, 0.29) is 0 Å². The van der Waals surface area contributed by atoms with Crippen LogP contribution in [0.3, 0.4) is 0 Å². The molecular formula is C51H30N4OS. The van der Waals surface area contributed by atoms with E-state index in [1.165, 1.54) is 36.6 Å². The molecule has 0 atom stereocenters. The third-order valence-corrected chi connectivity index (χ3v) is 12.2. The van der Waals surface area contributed by atoms with E-state index in [1.54, 1.807) is 11.3 Å². The smallest absolute Gasteiger partial charge is 0.164 e. The lowest BCUT2D eigenvalue weighted by Crippen LogP contribution is -2.00. The summed E-state index contributed by atoms with van der Waals surface area (Å²) in [4.78, 5) is 15.1. The lowest BCUT2D eigenvalue weighted by Gasteiger charge is -2.10. The largest absolute Gasteiger partial charge is 0.456 e. The van der Waals surface area contributed by atoms with Gasteiger partial charge in [-0.15, -0.1) is 11.3 Å². The Morgan fingerprint density at radius 3 is 1.74 bits per heavy atom. The van der Waals surface area contributed by atoms with Gasteiger partial charge in [-0.25, -0.2) is 15.0 Å². The van der Waals surface area contributed by atoms with Crippen LogP contribution in [-0.2, 0) is 0 Å². The van der Waals surface area contributed by atoms with Gasteiger partial charge < -0.3 is 8.98 Å². The summed E-state index contributed by atoms with van der Waals surface area (Å²) in [6.07, 6.45) is 0. The van der Waals surface area contributed by atoms with E-state index < -0.39 is 0 Å². The molecule has 0 amide bonds. The van der Waals surface area contributed by atoms with Crippen molar-refractivity contribution in [2.75, 3.05) is 0 Å². The van der Waals surface area contributed by atoms with E-state index in [0.717, 1.165) is 60.8 Å². The summed E-state index contributed by atoms with van der Waals surface area (Å²) in [6.45, 7) is 0. The zero-order chi connectivity index (χ0) is 37.5. The van der Waals surface area contributed by atoms with Crippen molar-refractivity contribution in [3.8, 4) is 51.0 Å². The van der Waals surface area contributed by atoms with E-state index in [9.17, 15) is 0 Å². The third-order valence-electron chi connectivity index (χ3n) is 11.1. The molecule has 0 saturated carbocycles. The summed E-state index contributed by atoms with van der Waals surface area (Å²) in [7, 11) is 0. The van der Waals surface area contributed by atoms with Crippen LogP contribution in [0, 0.1) is 0 Å². The zero-order valence-electron chi connectivity index (χ0n) is 30.4. The Kier molecular flexibility index (Phi) is 7.03. The van der Waals surface area contributed by atoms with Gasteiger partial charge in [-0.3, -0.25) is 0 Å². The van der Waals surface area contributed by atoms with Gasteiger partial charge in [0.2, 0.25) is 0 Å². The molecule has 0 aliphatic heterocycles. The molecule has 0 fully saturated rings. The highest BCUT2D eigenvalue weighted by atomic mass is 32.1. The summed E-state index contributed by atoms with van der Waals surface area (Å²) < 4.78 is 11.3. The molecule has 5 nitrogen and oxygen atoms in total. The molecule has 0 bridgehead atoms. The highest BCUT2D eigenvalue weighted by Crippen LogP contribution is 2.44. The fraction of sp³-hybridized carbons (Fsp3) is 0. The summed E-state index contributed by atoms with van der Waals surface area (Å²) >= 11 is 1.80. The number of hydrogen-bond acceptors (Lipinski definition) is 5. The number of thiophene rings is 1. The van der Waals surface area contributed by atoms with Gasteiger partial charge in [0.05, 0.1) is 11.0 Å². The van der Waals surface area contributed by atoms with E-state index in [4.69, 9.17) is 19.4 Å². The first-order chi connectivity index (χ1) is 28.2. The van der Waals surface area contributed by atoms with Crippen LogP contribution in [0.1, 0.15) is 0 Å². The molecule has 266 valence electrons. The molecule has 4 heterocycles. The molecule has 0 aliphatic carbocycles. The lowest BCUT2D eigenvalue weighted by molar-refractivity contribution is 0.669. The molecule has 0 saturated heterocycles. The normalized spacial score (nSPS) is 11.9. The highest BCUT2D eigenvalue weighted by Gasteiger charge is 2.20. The van der Waals surface area contributed by atoms with Gasteiger partial charge in [0, 0.05) is 64.1 Å². The summed E-state index contributed by atoms with van der Waals surface area (Å²) in [6, 6.07) is 63.8. The molecule has 0 aliphatic rings. The van der Waals surface area contributed by atoms with Crippen LogP contribution < -0.4 is 0 Å². The number of nitrogens with zero attached hydrogens (tertiary/aromatic N) is 4. The van der Waals surface area contributed by atoms with Crippen molar-refractivity contribution < 1.29 is 4.42 Å². The van der Waals surface area contributed by atoms with E-state index in [0.29, 0.717) is 17.5 Å². The maximum Gasteiger partial charge on any atom is 0.164 e. The van der Waals surface area contributed by atoms with Crippen molar-refractivity contribution in [3.05, 3.63) is 182 Å². The molecule has 0 radical (unpaired) electrons. The minimum atomic E-state index is 0.653. The van der Waals surface area contributed by atoms with E-state index >= 15 is 0 Å². The monoisotopic (exact) mass is 746 g/mol. The molecule has 6 heteroatoms. The number of rotatable bonds is 5. The van der Waals surface area contributed by atoms with Crippen LogP contribution in [-0.4, -0.2) is 19.5 Å². The number of furan rings is 1. The number of benzene rings is 8. The third kappa shape index (κ3) is 5.04. The van der Waals surface area contributed by atoms with Crippen LogP contribution in [0.25, 0.3) is 115 Å². The predicted octanol–water partition coefficient (Wildman–Crippen LogP) is 13.9. The summed E-state index contributed by atoms with van der Waals surface area (Å²) in [5, 5.41) is 7.02. The van der Waals surface area contributed by atoms with Gasteiger partial charge in [-0.05, 0) is 59.7 Å². The number of para-hydroxylation sites is 2. The minimum absolute atomic E-state index is 0.653. The minimum Gasteiger partial charge on any atom is -0.456 e. The summed E-state index contributed by atoms with van der Waals surface area (Å²) in [5.74, 6) is 1.96. The van der Waals surface area contributed by atoms with Gasteiger partial charge in [0.25, 0.3) is 0 Å². The second kappa shape index (κ2) is 12.6. The van der Waals surface area contributed by atoms with Crippen LogP contribution in [0.15, 0.2) is 186 Å². The van der Waals surface area contributed by atoms with E-state index in [1.807, 2.05) is 60.7 Å². The Morgan fingerprint density at radius 1 is 0.386 bits per heavy atom. The SMILES string of the molecule is c1ccc(-c2nc(-c3ccccc3)nc(-c3cccc4sc5cc(-c6cccc7oc8ccc(-n9c%10ccccc%10c%10ccccc%109)cc8c67)ccc5c34)n2)cc1. The van der Waals surface area contributed by atoms with Crippen LogP contribution in [0.5, 0.6) is 0 Å². The van der Waals surface area contributed by atoms with Crippen molar-refractivity contribution in [2.24, 2.45) is 0 Å². The Labute approximate surface area is 330 Å². The Balaban J connectivity index is 1.02. The molecule has 4 aromatic heterocycles. The topological polar surface area (TPSA) is 56.7 Å². The maximum atomic E-state index is 6.52. The molecule has 0 spiro atoms. The Morgan fingerprint density at radius 2 is 1.02 bits per heavy atom. The van der Waals surface area contributed by atoms with Crippen LogP contribution >= 0.6 is 11.3 Å². The zero-order valence-corrected chi connectivity index (χ0v) is 31.2. The molecule has 0 N–H and O–H groups in total. The van der Waals surface area contributed by atoms with Crippen LogP contribution in [0.4, 0.5) is 0 Å². The van der Waals surface area contributed by atoms with Gasteiger partial charge in [-0.1, -0.05) is 133 Å². The quantitative estimate of drug-likeness (QED) is 0.176. The second-order valence-electron chi connectivity index (χ2n) is 14.4. The molecule has 57 heavy (non-hydrogen) atoms. The molecule has 0 unspecified atom stereocenters. The fourth-order valence-electron chi connectivity index (χ4n) is 8.50. The second-order valence-corrected chi connectivity index (χ2v) is 15.4. The number of aromatic nitrogens is 4. The first kappa shape index (κ1) is 31.9. The van der Waals surface area contributed by atoms with Gasteiger partial charge in [-0.2, -0.15) is 0 Å². The predicted molar refractivity (Wildman–Crippen MR) is 236 cm³/mol. The van der Waals surface area contributed by atoms with Gasteiger partial charge in [0.15, 0.2) is 17.5 Å². The molecule has 12 aromatic rings. The van der Waals surface area contributed by atoms with Crippen molar-refractivity contribution in [3.63, 3.8) is 0 Å². The first-order valence-electron chi connectivity index (χ1n) is 19.0. The van der Waals surface area contributed by atoms with Gasteiger partial charge in [0.1, 0.15) is 11.2 Å². The average molecular weight is 747 g/mol. The van der Waals surface area contributed by atoms with Crippen molar-refractivity contribution in [1.82, 2.24) is 19.5 Å². The maximum absolute atomic E-state index is 6.52. The van der Waals surface area contributed by atoms with Crippen molar-refractivity contribution in [2.45, 2.75) is 0 Å². The fourth-order valence-corrected chi connectivity index (χ4v) is 9.68. The number of fused-ring (bicyclic) bond motifs is 9. The highest BCUT2D eigenvalue weighted by molar-refractivity contribution is 7.26. The molecule has 8 aromatic carbocycles. The van der Waals surface area contributed by atoms with Crippen molar-refractivity contribution in [1.29, 1.82) is 0 Å². The Bertz CT molecular complexity index is 3420. The average Bonchev–Trinajstić information content (AvgIpc) is 3.96. The number of hydrogen-bond donors (Lipinski definition) is 0.